The molecule has 1 amide bonds. The van der Waals surface area contributed by atoms with E-state index in [4.69, 9.17) is 4.74 Å². The highest BCUT2D eigenvalue weighted by atomic mass is 32.2. The van der Waals surface area contributed by atoms with Gasteiger partial charge in [0.2, 0.25) is 10.0 Å². The van der Waals surface area contributed by atoms with Crippen molar-refractivity contribution in [2.24, 2.45) is 11.8 Å². The summed E-state index contributed by atoms with van der Waals surface area (Å²) in [6, 6.07) is 0.890. The fraction of sp³-hybridized carbons (Fsp3) is 0.652. The van der Waals surface area contributed by atoms with E-state index in [0.717, 1.165) is 30.4 Å². The normalized spacial score (nSPS) is 22.6. The van der Waals surface area contributed by atoms with Crippen molar-refractivity contribution in [1.29, 1.82) is 0 Å². The number of amides is 1. The number of rotatable bonds is 7. The molecule has 0 heterocycles. The molecular formula is C23H36N2O5S. The van der Waals surface area contributed by atoms with Crippen LogP contribution in [-0.2, 0) is 24.3 Å². The molecule has 1 aromatic rings. The maximum absolute atomic E-state index is 13.0. The molecule has 1 fully saturated rings. The zero-order chi connectivity index (χ0) is 23.5. The summed E-state index contributed by atoms with van der Waals surface area (Å²) in [4.78, 5) is 24.8. The van der Waals surface area contributed by atoms with E-state index in [1.54, 1.807) is 13.8 Å². The predicted molar refractivity (Wildman–Crippen MR) is 120 cm³/mol. The first-order chi connectivity index (χ1) is 14.3. The SMILES string of the molecule is Cc1cc(C)c(C)c(S(=O)(=O)N[C@@H](C)C(=O)OCC(=O)N[C@@H]2CCC[C@H](C)[C@@H]2C)c1C. The monoisotopic (exact) mass is 452 g/mol. The number of ether oxygens (including phenoxy) is 1. The molecule has 1 aliphatic rings. The van der Waals surface area contributed by atoms with Crippen LogP contribution in [0.15, 0.2) is 11.0 Å². The lowest BCUT2D eigenvalue weighted by molar-refractivity contribution is -0.150. The van der Waals surface area contributed by atoms with Crippen LogP contribution in [0.5, 0.6) is 0 Å². The van der Waals surface area contributed by atoms with E-state index >= 15 is 0 Å². The maximum Gasteiger partial charge on any atom is 0.324 e. The van der Waals surface area contributed by atoms with Crippen LogP contribution >= 0.6 is 0 Å². The van der Waals surface area contributed by atoms with Gasteiger partial charge in [0.05, 0.1) is 4.90 Å². The van der Waals surface area contributed by atoms with Gasteiger partial charge in [-0.05, 0) is 75.1 Å². The Morgan fingerprint density at radius 1 is 1.10 bits per heavy atom. The van der Waals surface area contributed by atoms with Crippen LogP contribution in [0.3, 0.4) is 0 Å². The van der Waals surface area contributed by atoms with Gasteiger partial charge in [0.1, 0.15) is 6.04 Å². The first-order valence-corrected chi connectivity index (χ1v) is 12.4. The third-order valence-corrected chi connectivity index (χ3v) is 8.46. The molecule has 1 aliphatic carbocycles. The summed E-state index contributed by atoms with van der Waals surface area (Å²) >= 11 is 0. The predicted octanol–water partition coefficient (Wildman–Crippen LogP) is 3.07. The van der Waals surface area contributed by atoms with Crippen LogP contribution in [0.4, 0.5) is 0 Å². The van der Waals surface area contributed by atoms with Crippen molar-refractivity contribution < 1.29 is 22.7 Å². The highest BCUT2D eigenvalue weighted by molar-refractivity contribution is 7.89. The van der Waals surface area contributed by atoms with E-state index in [2.05, 4.69) is 23.9 Å². The smallest absolute Gasteiger partial charge is 0.324 e. The van der Waals surface area contributed by atoms with E-state index in [1.807, 2.05) is 19.9 Å². The minimum absolute atomic E-state index is 0.0707. The summed E-state index contributed by atoms with van der Waals surface area (Å²) in [5, 5.41) is 2.94. The molecule has 0 aliphatic heterocycles. The van der Waals surface area contributed by atoms with E-state index in [0.29, 0.717) is 23.0 Å². The molecule has 0 aromatic heterocycles. The van der Waals surface area contributed by atoms with E-state index in [1.165, 1.54) is 6.92 Å². The Morgan fingerprint density at radius 2 is 1.68 bits per heavy atom. The highest BCUT2D eigenvalue weighted by Gasteiger charge is 2.30. The Hall–Kier alpha value is -1.93. The fourth-order valence-electron chi connectivity index (χ4n) is 4.22. The summed E-state index contributed by atoms with van der Waals surface area (Å²) in [6.07, 6.45) is 3.13. The minimum atomic E-state index is -3.94. The van der Waals surface area contributed by atoms with Crippen molar-refractivity contribution in [1.82, 2.24) is 10.0 Å². The molecule has 8 heteroatoms. The molecule has 31 heavy (non-hydrogen) atoms. The van der Waals surface area contributed by atoms with Crippen molar-refractivity contribution in [3.8, 4) is 0 Å². The topological polar surface area (TPSA) is 102 Å². The molecule has 1 saturated carbocycles. The molecule has 2 rings (SSSR count). The molecule has 0 spiro atoms. The number of hydrogen-bond acceptors (Lipinski definition) is 5. The van der Waals surface area contributed by atoms with Crippen molar-refractivity contribution in [2.45, 2.75) is 84.7 Å². The number of hydrogen-bond donors (Lipinski definition) is 2. The zero-order valence-electron chi connectivity index (χ0n) is 19.7. The van der Waals surface area contributed by atoms with E-state index < -0.39 is 28.6 Å². The number of aryl methyl sites for hydroxylation is 2. The summed E-state index contributed by atoms with van der Waals surface area (Å²) in [7, 11) is -3.94. The van der Waals surface area contributed by atoms with Crippen LogP contribution in [0.1, 0.15) is 62.3 Å². The number of benzene rings is 1. The van der Waals surface area contributed by atoms with Gasteiger partial charge in [0.15, 0.2) is 6.61 Å². The molecule has 174 valence electrons. The third-order valence-electron chi connectivity index (χ3n) is 6.65. The standard InChI is InChI=1S/C23H36N2O5S/c1-13-9-8-10-20(16(13)4)24-21(26)12-30-23(27)19(7)25-31(28,29)22-17(5)14(2)11-15(3)18(22)6/h11,13,16,19-20,25H,8-10,12H2,1-7H3,(H,24,26)/t13-,16-,19-,20+/m0/s1. The van der Waals surface area contributed by atoms with Gasteiger partial charge in [-0.1, -0.05) is 32.8 Å². The van der Waals surface area contributed by atoms with E-state index in [9.17, 15) is 18.0 Å². The molecule has 0 saturated heterocycles. The Kier molecular flexibility index (Phi) is 8.27. The van der Waals surface area contributed by atoms with Crippen LogP contribution in [0, 0.1) is 39.5 Å². The Balaban J connectivity index is 1.97. The molecule has 0 bridgehead atoms. The quantitative estimate of drug-likeness (QED) is 0.619. The van der Waals surface area contributed by atoms with Crippen molar-refractivity contribution in [2.75, 3.05) is 6.61 Å². The van der Waals surface area contributed by atoms with Crippen LogP contribution in [0.25, 0.3) is 0 Å². The molecular weight excluding hydrogens is 416 g/mol. The second-order valence-electron chi connectivity index (χ2n) is 8.98. The van der Waals surface area contributed by atoms with Crippen molar-refractivity contribution >= 4 is 21.9 Å². The number of carbonyl (C=O) groups is 2. The third kappa shape index (κ3) is 6.07. The van der Waals surface area contributed by atoms with Crippen molar-refractivity contribution in [3.05, 3.63) is 28.3 Å². The Morgan fingerprint density at radius 3 is 2.26 bits per heavy atom. The molecule has 1 aromatic carbocycles. The Bertz CT molecular complexity index is 916. The van der Waals surface area contributed by atoms with Crippen LogP contribution < -0.4 is 10.0 Å². The van der Waals surface area contributed by atoms with Gasteiger partial charge < -0.3 is 10.1 Å². The van der Waals surface area contributed by atoms with Gasteiger partial charge >= 0.3 is 5.97 Å². The Labute approximate surface area is 186 Å². The molecule has 2 N–H and O–H groups in total. The number of carbonyl (C=O) groups excluding carboxylic acids is 2. The molecule has 7 nitrogen and oxygen atoms in total. The zero-order valence-corrected chi connectivity index (χ0v) is 20.5. The lowest BCUT2D eigenvalue weighted by atomic mass is 9.78. The van der Waals surface area contributed by atoms with Gasteiger partial charge in [-0.25, -0.2) is 8.42 Å². The fourth-order valence-corrected chi connectivity index (χ4v) is 6.03. The van der Waals surface area contributed by atoms with Crippen molar-refractivity contribution in [3.63, 3.8) is 0 Å². The molecule has 0 unspecified atom stereocenters. The summed E-state index contributed by atoms with van der Waals surface area (Å²) in [6.45, 7) is 12.5. The lowest BCUT2D eigenvalue weighted by Crippen LogP contribution is -2.46. The van der Waals surface area contributed by atoms with E-state index in [-0.39, 0.29) is 16.8 Å². The van der Waals surface area contributed by atoms with Gasteiger partial charge in [-0.3, -0.25) is 9.59 Å². The highest BCUT2D eigenvalue weighted by Crippen LogP contribution is 2.29. The number of esters is 1. The first-order valence-electron chi connectivity index (χ1n) is 10.9. The second-order valence-corrected chi connectivity index (χ2v) is 10.6. The van der Waals surface area contributed by atoms with Crippen LogP contribution in [-0.4, -0.2) is 39.0 Å². The number of nitrogens with one attached hydrogen (secondary N) is 2. The van der Waals surface area contributed by atoms with Gasteiger partial charge in [0.25, 0.3) is 5.91 Å². The first kappa shape index (κ1) is 25.3. The summed E-state index contributed by atoms with van der Waals surface area (Å²) in [5.74, 6) is -0.254. The largest absolute Gasteiger partial charge is 0.454 e. The lowest BCUT2D eigenvalue weighted by Gasteiger charge is -2.34. The average Bonchev–Trinajstić information content (AvgIpc) is 2.67. The molecule has 0 radical (unpaired) electrons. The average molecular weight is 453 g/mol. The summed E-state index contributed by atoms with van der Waals surface area (Å²) in [5.41, 5.74) is 3.01. The second kappa shape index (κ2) is 10.1. The van der Waals surface area contributed by atoms with Gasteiger partial charge in [0, 0.05) is 6.04 Å². The molecule has 4 atom stereocenters. The number of sulfonamides is 1. The van der Waals surface area contributed by atoms with Gasteiger partial charge in [-0.15, -0.1) is 0 Å². The van der Waals surface area contributed by atoms with Gasteiger partial charge in [-0.2, -0.15) is 4.72 Å². The minimum Gasteiger partial charge on any atom is -0.454 e. The van der Waals surface area contributed by atoms with Crippen LogP contribution in [0.2, 0.25) is 0 Å². The summed E-state index contributed by atoms with van der Waals surface area (Å²) < 4.78 is 33.4. The maximum atomic E-state index is 13.0.